The Morgan fingerprint density at radius 2 is 1.71 bits per heavy atom. The number of carboxylic acids is 1. The smallest absolute Gasteiger partial charge is 0.303 e. The summed E-state index contributed by atoms with van der Waals surface area (Å²) < 4.78 is 13.1. The highest BCUT2D eigenvalue weighted by Crippen LogP contribution is 2.45. The van der Waals surface area contributed by atoms with Crippen LogP contribution in [0.4, 0.5) is 10.1 Å². The van der Waals surface area contributed by atoms with E-state index in [1.54, 1.807) is 17.0 Å². The van der Waals surface area contributed by atoms with Gasteiger partial charge >= 0.3 is 5.97 Å². The van der Waals surface area contributed by atoms with Gasteiger partial charge in [0.1, 0.15) is 11.6 Å². The summed E-state index contributed by atoms with van der Waals surface area (Å²) in [4.78, 5) is 24.9. The second-order valence-electron chi connectivity index (χ2n) is 5.76. The van der Waals surface area contributed by atoms with Crippen LogP contribution < -0.4 is 4.90 Å². The second kappa shape index (κ2) is 6.31. The van der Waals surface area contributed by atoms with Crippen LogP contribution in [0.25, 0.3) is 0 Å². The molecular weight excluding hydrogens is 313 g/mol. The van der Waals surface area contributed by atoms with Crippen molar-refractivity contribution in [3.8, 4) is 5.75 Å². The zero-order valence-corrected chi connectivity index (χ0v) is 12.7. The van der Waals surface area contributed by atoms with Crippen molar-refractivity contribution in [2.45, 2.75) is 18.9 Å². The zero-order chi connectivity index (χ0) is 17.3. The average Bonchev–Trinajstić information content (AvgIpc) is 2.55. The van der Waals surface area contributed by atoms with Crippen LogP contribution >= 0.6 is 0 Å². The zero-order valence-electron chi connectivity index (χ0n) is 12.7. The van der Waals surface area contributed by atoms with E-state index in [1.165, 1.54) is 36.4 Å². The number of halogens is 1. The Labute approximate surface area is 138 Å². The number of carbonyl (C=O) groups excluding carboxylic acids is 1. The van der Waals surface area contributed by atoms with Gasteiger partial charge in [-0.05, 0) is 48.4 Å². The van der Waals surface area contributed by atoms with Crippen LogP contribution in [0.15, 0.2) is 48.5 Å². The number of hydrogen-bond acceptors (Lipinski definition) is 3. The lowest BCUT2D eigenvalue weighted by Crippen LogP contribution is -2.55. The number of rotatable bonds is 5. The molecule has 0 aromatic heterocycles. The summed E-state index contributed by atoms with van der Waals surface area (Å²) in [5.41, 5.74) is 1.36. The van der Waals surface area contributed by atoms with Crippen molar-refractivity contribution in [1.82, 2.24) is 0 Å². The molecule has 124 valence electrons. The number of hydrogen-bond donors (Lipinski definition) is 2. The number of carbonyl (C=O) groups is 2. The minimum absolute atomic E-state index is 0.0950. The van der Waals surface area contributed by atoms with Crippen LogP contribution in [0, 0.1) is 11.7 Å². The van der Waals surface area contributed by atoms with E-state index in [0.29, 0.717) is 5.69 Å². The van der Waals surface area contributed by atoms with Gasteiger partial charge in [-0.1, -0.05) is 12.1 Å². The van der Waals surface area contributed by atoms with Crippen molar-refractivity contribution < 1.29 is 24.2 Å². The van der Waals surface area contributed by atoms with E-state index in [-0.39, 0.29) is 30.5 Å². The Kier molecular flexibility index (Phi) is 4.20. The summed E-state index contributed by atoms with van der Waals surface area (Å²) in [5.74, 6) is -1.86. The fourth-order valence-corrected chi connectivity index (χ4v) is 3.05. The predicted molar refractivity (Wildman–Crippen MR) is 85.1 cm³/mol. The summed E-state index contributed by atoms with van der Waals surface area (Å²) in [7, 11) is 0. The second-order valence-corrected chi connectivity index (χ2v) is 5.76. The molecule has 24 heavy (non-hydrogen) atoms. The van der Waals surface area contributed by atoms with Crippen molar-refractivity contribution in [3.63, 3.8) is 0 Å². The van der Waals surface area contributed by atoms with Crippen LogP contribution in [0.5, 0.6) is 5.75 Å². The van der Waals surface area contributed by atoms with Gasteiger partial charge in [-0.3, -0.25) is 9.59 Å². The minimum atomic E-state index is -0.951. The van der Waals surface area contributed by atoms with Crippen LogP contribution in [-0.4, -0.2) is 22.1 Å². The van der Waals surface area contributed by atoms with Gasteiger partial charge in [0.05, 0.1) is 12.0 Å². The molecule has 0 bridgehead atoms. The monoisotopic (exact) mass is 329 g/mol. The number of benzene rings is 2. The summed E-state index contributed by atoms with van der Waals surface area (Å²) >= 11 is 0. The highest BCUT2D eigenvalue weighted by molar-refractivity contribution is 6.03. The Bertz CT molecular complexity index is 758. The number of amides is 1. The van der Waals surface area contributed by atoms with Crippen molar-refractivity contribution in [1.29, 1.82) is 0 Å². The molecule has 1 heterocycles. The number of carboxylic acid groups (broad SMARTS) is 1. The van der Waals surface area contributed by atoms with Crippen LogP contribution in [0.2, 0.25) is 0 Å². The molecule has 0 saturated carbocycles. The van der Waals surface area contributed by atoms with Gasteiger partial charge in [-0.2, -0.15) is 0 Å². The molecule has 2 atom stereocenters. The highest BCUT2D eigenvalue weighted by atomic mass is 19.1. The van der Waals surface area contributed by atoms with Crippen molar-refractivity contribution >= 4 is 17.6 Å². The van der Waals surface area contributed by atoms with Crippen molar-refractivity contribution in [3.05, 3.63) is 59.9 Å². The lowest BCUT2D eigenvalue weighted by Gasteiger charge is -2.47. The Hall–Kier alpha value is -2.89. The number of anilines is 1. The number of aromatic hydroxyl groups is 1. The molecule has 6 heteroatoms. The third kappa shape index (κ3) is 2.95. The van der Waals surface area contributed by atoms with E-state index in [0.717, 1.165) is 5.56 Å². The van der Waals surface area contributed by atoms with Crippen LogP contribution in [-0.2, 0) is 9.59 Å². The van der Waals surface area contributed by atoms with Gasteiger partial charge in [-0.25, -0.2) is 4.39 Å². The first-order valence-corrected chi connectivity index (χ1v) is 7.57. The molecule has 0 aliphatic carbocycles. The van der Waals surface area contributed by atoms with Crippen molar-refractivity contribution in [2.24, 2.45) is 5.92 Å². The first-order chi connectivity index (χ1) is 11.5. The normalized spacial score (nSPS) is 19.9. The molecule has 0 spiro atoms. The molecular formula is C18H16FNO4. The molecule has 0 unspecified atom stereocenters. The van der Waals surface area contributed by atoms with E-state index < -0.39 is 17.7 Å². The maximum Gasteiger partial charge on any atom is 0.303 e. The average molecular weight is 329 g/mol. The molecule has 5 nitrogen and oxygen atoms in total. The maximum atomic E-state index is 13.1. The van der Waals surface area contributed by atoms with Gasteiger partial charge in [0.2, 0.25) is 5.91 Å². The third-order valence-corrected chi connectivity index (χ3v) is 4.22. The quantitative estimate of drug-likeness (QED) is 0.826. The SMILES string of the molecule is O=C(O)CC[C@H]1C(=O)N(c2ccc(F)cc2)[C@@H]1c1ccc(O)cc1. The lowest BCUT2D eigenvalue weighted by molar-refractivity contribution is -0.138. The Morgan fingerprint density at radius 3 is 2.29 bits per heavy atom. The number of phenols is 1. The van der Waals surface area contributed by atoms with E-state index in [2.05, 4.69) is 0 Å². The maximum absolute atomic E-state index is 13.1. The number of phenolic OH excluding ortho intramolecular Hbond substituents is 1. The van der Waals surface area contributed by atoms with E-state index in [9.17, 15) is 19.1 Å². The number of β-lactam (4-membered cyclic amide) rings is 1. The van der Waals surface area contributed by atoms with Gasteiger partial charge < -0.3 is 15.1 Å². The Morgan fingerprint density at radius 1 is 1.08 bits per heavy atom. The molecule has 2 N–H and O–H groups in total. The number of nitrogens with zero attached hydrogens (tertiary/aromatic N) is 1. The topological polar surface area (TPSA) is 77.8 Å². The minimum Gasteiger partial charge on any atom is -0.508 e. The fourth-order valence-electron chi connectivity index (χ4n) is 3.05. The van der Waals surface area contributed by atoms with E-state index >= 15 is 0 Å². The summed E-state index contributed by atoms with van der Waals surface area (Å²) in [6.07, 6.45) is 0.139. The van der Waals surface area contributed by atoms with Gasteiger partial charge in [0.25, 0.3) is 0 Å². The lowest BCUT2D eigenvalue weighted by atomic mass is 9.79. The van der Waals surface area contributed by atoms with E-state index in [4.69, 9.17) is 5.11 Å². The fraction of sp³-hybridized carbons (Fsp3) is 0.222. The molecule has 1 amide bonds. The van der Waals surface area contributed by atoms with Crippen LogP contribution in [0.1, 0.15) is 24.4 Å². The molecule has 0 radical (unpaired) electrons. The molecule has 3 rings (SSSR count). The first kappa shape index (κ1) is 16.0. The summed E-state index contributed by atoms with van der Waals surface area (Å²) in [6, 6.07) is 11.7. The van der Waals surface area contributed by atoms with Crippen molar-refractivity contribution in [2.75, 3.05) is 4.90 Å². The van der Waals surface area contributed by atoms with Gasteiger partial charge in [0.15, 0.2) is 0 Å². The first-order valence-electron chi connectivity index (χ1n) is 7.57. The predicted octanol–water partition coefficient (Wildman–Crippen LogP) is 3.10. The largest absolute Gasteiger partial charge is 0.508 e. The van der Waals surface area contributed by atoms with Gasteiger partial charge in [0, 0.05) is 12.1 Å². The molecule has 2 aromatic carbocycles. The molecule has 1 fully saturated rings. The standard InChI is InChI=1S/C18H16FNO4/c19-12-3-5-13(6-4-12)20-17(11-1-7-14(21)8-2-11)15(18(20)24)9-10-16(22)23/h1-8,15,17,21H,9-10H2,(H,22,23)/t15-,17-/m1/s1. The third-order valence-electron chi connectivity index (χ3n) is 4.22. The molecule has 2 aromatic rings. The summed E-state index contributed by atoms with van der Waals surface area (Å²) in [5, 5.41) is 18.3. The molecule has 1 aliphatic heterocycles. The molecule has 1 aliphatic rings. The highest BCUT2D eigenvalue weighted by Gasteiger charge is 2.48. The van der Waals surface area contributed by atoms with Gasteiger partial charge in [-0.15, -0.1) is 0 Å². The van der Waals surface area contributed by atoms with E-state index in [1.807, 2.05) is 0 Å². The molecule has 1 saturated heterocycles. The Balaban J connectivity index is 1.92. The number of aliphatic carboxylic acids is 1. The summed E-state index contributed by atoms with van der Waals surface area (Å²) in [6.45, 7) is 0. The van der Waals surface area contributed by atoms with Crippen LogP contribution in [0.3, 0.4) is 0 Å².